The smallest absolute Gasteiger partial charge is 0.312 e. The number of nitrogens with two attached hydrogens (primary N) is 1. The first-order chi connectivity index (χ1) is 5.20. The summed E-state index contributed by atoms with van der Waals surface area (Å²) in [5.41, 5.74) is 5.56. The molecule has 2 rings (SSSR count). The van der Waals surface area contributed by atoms with Crippen LogP contribution in [0.4, 0.5) is 0 Å². The Hall–Kier alpha value is -0.570. The molecule has 11 heavy (non-hydrogen) atoms. The normalized spacial score (nSPS) is 45.6. The van der Waals surface area contributed by atoms with Crippen LogP contribution in [0.5, 0.6) is 0 Å². The third-order valence-corrected chi connectivity index (χ3v) is 2.93. The Morgan fingerprint density at radius 3 is 2.82 bits per heavy atom. The lowest BCUT2D eigenvalue weighted by Gasteiger charge is -2.29. The lowest BCUT2D eigenvalue weighted by atomic mass is 9.80. The lowest BCUT2D eigenvalue weighted by Crippen LogP contribution is -2.43. The van der Waals surface area contributed by atoms with Crippen molar-refractivity contribution in [3.63, 3.8) is 0 Å². The summed E-state index contributed by atoms with van der Waals surface area (Å²) in [5, 5.41) is 0. The first kappa shape index (κ1) is 7.10. The van der Waals surface area contributed by atoms with Crippen LogP contribution in [0, 0.1) is 11.3 Å². The highest BCUT2D eigenvalue weighted by atomic mass is 16.5. The van der Waals surface area contributed by atoms with Crippen molar-refractivity contribution in [2.45, 2.75) is 25.8 Å². The first-order valence-corrected chi connectivity index (χ1v) is 4.13. The van der Waals surface area contributed by atoms with Gasteiger partial charge in [-0.05, 0) is 25.7 Å². The van der Waals surface area contributed by atoms with E-state index in [0.29, 0.717) is 12.5 Å². The minimum absolute atomic E-state index is 0.0216. The fraction of sp³-hybridized carbons (Fsp3) is 0.875. The minimum atomic E-state index is -0.116. The molecule has 62 valence electrons. The van der Waals surface area contributed by atoms with Crippen molar-refractivity contribution in [3.05, 3.63) is 0 Å². The molecule has 0 aromatic heterocycles. The number of fused-ring (bicyclic) bond motifs is 1. The summed E-state index contributed by atoms with van der Waals surface area (Å²) in [5.74, 6) is 0.424. The average Bonchev–Trinajstić information content (AvgIpc) is 2.57. The van der Waals surface area contributed by atoms with E-state index in [-0.39, 0.29) is 17.4 Å². The Kier molecular flexibility index (Phi) is 1.27. The third kappa shape index (κ3) is 0.745. The van der Waals surface area contributed by atoms with E-state index in [1.165, 1.54) is 0 Å². The molecule has 2 aliphatic carbocycles. The van der Waals surface area contributed by atoms with Gasteiger partial charge in [0.05, 0.1) is 12.0 Å². The zero-order valence-electron chi connectivity index (χ0n) is 6.67. The molecule has 3 nitrogen and oxygen atoms in total. The van der Waals surface area contributed by atoms with Crippen molar-refractivity contribution < 1.29 is 9.53 Å². The monoisotopic (exact) mass is 155 g/mol. The summed E-state index contributed by atoms with van der Waals surface area (Å²) in [4.78, 5) is 11.3. The van der Waals surface area contributed by atoms with Crippen molar-refractivity contribution in [3.8, 4) is 0 Å². The fourth-order valence-corrected chi connectivity index (χ4v) is 2.12. The zero-order valence-corrected chi connectivity index (χ0v) is 6.67. The summed E-state index contributed by atoms with van der Waals surface area (Å²) in [7, 11) is 0. The van der Waals surface area contributed by atoms with E-state index in [1.807, 2.05) is 6.92 Å². The Morgan fingerprint density at radius 2 is 2.45 bits per heavy atom. The number of rotatable bonds is 2. The predicted molar refractivity (Wildman–Crippen MR) is 39.8 cm³/mol. The van der Waals surface area contributed by atoms with E-state index < -0.39 is 0 Å². The molecule has 0 amide bonds. The van der Waals surface area contributed by atoms with Crippen molar-refractivity contribution in [2.24, 2.45) is 17.1 Å². The van der Waals surface area contributed by atoms with Crippen LogP contribution < -0.4 is 5.73 Å². The first-order valence-electron chi connectivity index (χ1n) is 4.13. The van der Waals surface area contributed by atoms with Gasteiger partial charge in [0.2, 0.25) is 0 Å². The second kappa shape index (κ2) is 1.97. The molecule has 3 heteroatoms. The van der Waals surface area contributed by atoms with E-state index in [4.69, 9.17) is 10.5 Å². The topological polar surface area (TPSA) is 52.3 Å². The van der Waals surface area contributed by atoms with Crippen molar-refractivity contribution in [1.29, 1.82) is 0 Å². The van der Waals surface area contributed by atoms with Crippen LogP contribution in [0.15, 0.2) is 0 Å². The molecule has 0 radical (unpaired) electrons. The van der Waals surface area contributed by atoms with Gasteiger partial charge >= 0.3 is 5.97 Å². The number of carbonyl (C=O) groups is 1. The quantitative estimate of drug-likeness (QED) is 0.583. The van der Waals surface area contributed by atoms with Gasteiger partial charge in [-0.3, -0.25) is 4.79 Å². The summed E-state index contributed by atoms with van der Waals surface area (Å²) in [6.07, 6.45) is 1.81. The van der Waals surface area contributed by atoms with Crippen LogP contribution >= 0.6 is 0 Å². The fourth-order valence-electron chi connectivity index (χ4n) is 2.12. The highest BCUT2D eigenvalue weighted by Crippen LogP contribution is 2.67. The number of hydrogen-bond donors (Lipinski definition) is 1. The molecular formula is C8H13NO2. The summed E-state index contributed by atoms with van der Waals surface area (Å²) in [6.45, 7) is 2.33. The zero-order chi connectivity index (χ0) is 8.06. The van der Waals surface area contributed by atoms with E-state index in [9.17, 15) is 4.79 Å². The molecule has 3 atom stereocenters. The Labute approximate surface area is 65.9 Å². The third-order valence-electron chi connectivity index (χ3n) is 2.93. The van der Waals surface area contributed by atoms with Gasteiger partial charge < -0.3 is 10.5 Å². The van der Waals surface area contributed by atoms with Gasteiger partial charge in [-0.2, -0.15) is 0 Å². The number of ether oxygens (including phenoxy) is 1. The Bertz CT molecular complexity index is 204. The van der Waals surface area contributed by atoms with Gasteiger partial charge in [0.15, 0.2) is 0 Å². The molecule has 2 saturated carbocycles. The predicted octanol–water partition coefficient (Wildman–Crippen LogP) is 0.287. The highest BCUT2D eigenvalue weighted by molar-refractivity contribution is 5.82. The average molecular weight is 155 g/mol. The maximum Gasteiger partial charge on any atom is 0.312 e. The molecule has 2 aliphatic rings. The second-order valence-corrected chi connectivity index (χ2v) is 3.56. The molecule has 0 unspecified atom stereocenters. The Balaban J connectivity index is 1.94. The molecule has 2 N–H and O–H groups in total. The lowest BCUT2D eigenvalue weighted by molar-refractivity contribution is -0.153. The molecule has 0 aromatic rings. The van der Waals surface area contributed by atoms with E-state index in [1.54, 1.807) is 0 Å². The number of esters is 1. The van der Waals surface area contributed by atoms with Crippen LogP contribution in [0.2, 0.25) is 0 Å². The summed E-state index contributed by atoms with van der Waals surface area (Å²) >= 11 is 0. The molecule has 2 fully saturated rings. The van der Waals surface area contributed by atoms with Crippen molar-refractivity contribution in [1.82, 2.24) is 0 Å². The Morgan fingerprint density at radius 1 is 1.73 bits per heavy atom. The van der Waals surface area contributed by atoms with E-state index >= 15 is 0 Å². The molecule has 0 spiro atoms. The van der Waals surface area contributed by atoms with Gasteiger partial charge in [0, 0.05) is 6.04 Å². The summed E-state index contributed by atoms with van der Waals surface area (Å²) in [6, 6.07) is 0.263. The molecule has 0 aliphatic heterocycles. The minimum Gasteiger partial charge on any atom is -0.466 e. The molecule has 0 saturated heterocycles. The van der Waals surface area contributed by atoms with Crippen LogP contribution in [-0.4, -0.2) is 18.6 Å². The van der Waals surface area contributed by atoms with Crippen molar-refractivity contribution in [2.75, 3.05) is 6.61 Å². The van der Waals surface area contributed by atoms with Crippen LogP contribution in [-0.2, 0) is 9.53 Å². The molecular weight excluding hydrogens is 142 g/mol. The van der Waals surface area contributed by atoms with Gasteiger partial charge in [0.25, 0.3) is 0 Å². The molecule has 0 bridgehead atoms. The standard InChI is InChI=1S/C8H13NO2/c1-2-11-7(10)8-3-5(8)6(9)4-8/h5-6H,2-4,9H2,1H3/t5-,6+,8-/m0/s1. The maximum absolute atomic E-state index is 11.3. The van der Waals surface area contributed by atoms with E-state index in [2.05, 4.69) is 0 Å². The van der Waals surface area contributed by atoms with E-state index in [0.717, 1.165) is 12.8 Å². The van der Waals surface area contributed by atoms with Gasteiger partial charge in [-0.15, -0.1) is 0 Å². The molecule has 0 heterocycles. The summed E-state index contributed by atoms with van der Waals surface area (Å²) < 4.78 is 4.94. The van der Waals surface area contributed by atoms with Gasteiger partial charge in [-0.25, -0.2) is 0 Å². The van der Waals surface area contributed by atoms with Crippen LogP contribution in [0.1, 0.15) is 19.8 Å². The maximum atomic E-state index is 11.3. The second-order valence-electron chi connectivity index (χ2n) is 3.56. The van der Waals surface area contributed by atoms with Gasteiger partial charge in [0.1, 0.15) is 0 Å². The van der Waals surface area contributed by atoms with Crippen LogP contribution in [0.3, 0.4) is 0 Å². The van der Waals surface area contributed by atoms with Crippen molar-refractivity contribution >= 4 is 5.97 Å². The van der Waals surface area contributed by atoms with Gasteiger partial charge in [-0.1, -0.05) is 0 Å². The largest absolute Gasteiger partial charge is 0.466 e. The number of hydrogen-bond acceptors (Lipinski definition) is 3. The van der Waals surface area contributed by atoms with Crippen LogP contribution in [0.25, 0.3) is 0 Å². The SMILES string of the molecule is CCOC(=O)[C@@]12C[C@@H](N)[C@@H]1C2. The highest BCUT2D eigenvalue weighted by Gasteiger charge is 2.71. The molecule has 0 aromatic carbocycles. The number of carbonyl (C=O) groups excluding carboxylic acids is 1.